The molecule has 0 bridgehead atoms. The minimum Gasteiger partial charge on any atom is -1.00 e. The van der Waals surface area contributed by atoms with Gasteiger partial charge in [-0.15, -0.1) is 0 Å². The van der Waals surface area contributed by atoms with Gasteiger partial charge in [-0.25, -0.2) is 4.79 Å². The van der Waals surface area contributed by atoms with Gasteiger partial charge in [0.1, 0.15) is 0 Å². The van der Waals surface area contributed by atoms with Crippen molar-refractivity contribution in [3.05, 3.63) is 40.5 Å². The first-order valence-electron chi connectivity index (χ1n) is 3.95. The first kappa shape index (κ1) is 12.2. The van der Waals surface area contributed by atoms with Crippen LogP contribution in [-0.2, 0) is 0 Å². The SMILES string of the molecule is O=C(O)c1ccc2ncc(Br)cc2c1.[H-].[Li+]. The van der Waals surface area contributed by atoms with E-state index in [-0.39, 0.29) is 25.9 Å². The summed E-state index contributed by atoms with van der Waals surface area (Å²) in [5.74, 6) is -0.924. The zero-order valence-electron chi connectivity index (χ0n) is 9.07. The van der Waals surface area contributed by atoms with Crippen LogP contribution in [0.15, 0.2) is 34.9 Å². The van der Waals surface area contributed by atoms with Crippen LogP contribution in [0.4, 0.5) is 0 Å². The van der Waals surface area contributed by atoms with Gasteiger partial charge in [-0.1, -0.05) is 0 Å². The molecule has 0 fully saturated rings. The Morgan fingerprint density at radius 3 is 2.80 bits per heavy atom. The molecule has 5 heteroatoms. The van der Waals surface area contributed by atoms with Crippen molar-refractivity contribution in [3.63, 3.8) is 0 Å². The molecule has 15 heavy (non-hydrogen) atoms. The van der Waals surface area contributed by atoms with Gasteiger partial charge in [0.15, 0.2) is 0 Å². The first-order chi connectivity index (χ1) is 6.66. The second kappa shape index (κ2) is 4.80. The third-order valence-electron chi connectivity index (χ3n) is 1.89. The average Bonchev–Trinajstić information content (AvgIpc) is 2.16. The molecule has 0 radical (unpaired) electrons. The number of fused-ring (bicyclic) bond motifs is 1. The Labute approximate surface area is 108 Å². The van der Waals surface area contributed by atoms with Crippen LogP contribution in [0.25, 0.3) is 10.9 Å². The maximum absolute atomic E-state index is 10.7. The van der Waals surface area contributed by atoms with Crippen molar-refractivity contribution >= 4 is 32.8 Å². The molecule has 0 aliphatic carbocycles. The Morgan fingerprint density at radius 1 is 1.40 bits per heavy atom. The summed E-state index contributed by atoms with van der Waals surface area (Å²) in [6, 6.07) is 6.70. The zero-order valence-corrected chi connectivity index (χ0v) is 9.65. The third kappa shape index (κ3) is 2.60. The van der Waals surface area contributed by atoms with Crippen LogP contribution >= 0.6 is 15.9 Å². The maximum atomic E-state index is 10.7. The molecular weight excluding hydrogens is 253 g/mol. The van der Waals surface area contributed by atoms with Crippen LogP contribution in [0.3, 0.4) is 0 Å². The number of hydrogen-bond donors (Lipinski definition) is 1. The summed E-state index contributed by atoms with van der Waals surface area (Å²) in [5.41, 5.74) is 1.07. The maximum Gasteiger partial charge on any atom is 1.00 e. The Morgan fingerprint density at radius 2 is 2.13 bits per heavy atom. The van der Waals surface area contributed by atoms with E-state index in [1.807, 2.05) is 6.07 Å². The van der Waals surface area contributed by atoms with Gasteiger partial charge in [-0.3, -0.25) is 4.98 Å². The molecule has 0 aliphatic rings. The summed E-state index contributed by atoms with van der Waals surface area (Å²) in [6.07, 6.45) is 1.68. The van der Waals surface area contributed by atoms with Gasteiger partial charge in [0.05, 0.1) is 11.1 Å². The topological polar surface area (TPSA) is 50.2 Å². The molecule has 72 valence electrons. The number of aromatic nitrogens is 1. The molecule has 1 N–H and O–H groups in total. The summed E-state index contributed by atoms with van der Waals surface area (Å²) in [6.45, 7) is 0. The van der Waals surface area contributed by atoms with Crippen molar-refractivity contribution in [2.75, 3.05) is 0 Å². The van der Waals surface area contributed by atoms with E-state index in [9.17, 15) is 4.79 Å². The fourth-order valence-corrected chi connectivity index (χ4v) is 1.59. The van der Waals surface area contributed by atoms with Gasteiger partial charge < -0.3 is 6.53 Å². The van der Waals surface area contributed by atoms with Gasteiger partial charge in [0.25, 0.3) is 0 Å². The minimum atomic E-state index is -0.924. The molecule has 0 unspecified atom stereocenters. The number of carbonyl (C=O) groups is 1. The van der Waals surface area contributed by atoms with E-state index in [0.717, 1.165) is 15.4 Å². The molecule has 1 aromatic heterocycles. The molecular formula is C10H7BrLiNO2. The second-order valence-corrected chi connectivity index (χ2v) is 3.78. The fraction of sp³-hybridized carbons (Fsp3) is 0. The largest absolute Gasteiger partial charge is 1.00 e. The number of pyridine rings is 1. The molecule has 1 heterocycles. The van der Waals surface area contributed by atoms with Crippen LogP contribution < -0.4 is 18.9 Å². The number of rotatable bonds is 1. The summed E-state index contributed by atoms with van der Waals surface area (Å²) in [4.78, 5) is 14.8. The summed E-state index contributed by atoms with van der Waals surface area (Å²) >= 11 is 3.28. The van der Waals surface area contributed by atoms with Crippen molar-refractivity contribution in [3.8, 4) is 0 Å². The number of aromatic carboxylic acids is 1. The second-order valence-electron chi connectivity index (χ2n) is 2.87. The van der Waals surface area contributed by atoms with E-state index in [2.05, 4.69) is 20.9 Å². The Bertz CT molecular complexity index is 521. The molecule has 0 spiro atoms. The van der Waals surface area contributed by atoms with Crippen LogP contribution in [0, 0.1) is 0 Å². The summed E-state index contributed by atoms with van der Waals surface area (Å²) in [7, 11) is 0. The van der Waals surface area contributed by atoms with E-state index in [0.29, 0.717) is 0 Å². The van der Waals surface area contributed by atoms with Gasteiger partial charge >= 0.3 is 24.8 Å². The average molecular weight is 260 g/mol. The van der Waals surface area contributed by atoms with Crippen molar-refractivity contribution in [2.24, 2.45) is 0 Å². The van der Waals surface area contributed by atoms with Crippen LogP contribution in [0.2, 0.25) is 0 Å². The zero-order chi connectivity index (χ0) is 10.1. The van der Waals surface area contributed by atoms with Crippen LogP contribution in [0.1, 0.15) is 11.8 Å². The van der Waals surface area contributed by atoms with Crippen molar-refractivity contribution in [2.45, 2.75) is 0 Å². The van der Waals surface area contributed by atoms with Crippen molar-refractivity contribution in [1.82, 2.24) is 4.98 Å². The molecule has 0 atom stereocenters. The van der Waals surface area contributed by atoms with Gasteiger partial charge in [-0.2, -0.15) is 0 Å². The van der Waals surface area contributed by atoms with E-state index in [4.69, 9.17) is 5.11 Å². The predicted molar refractivity (Wildman–Crippen MR) is 57.5 cm³/mol. The molecule has 0 amide bonds. The van der Waals surface area contributed by atoms with E-state index < -0.39 is 5.97 Å². The molecule has 0 aliphatic heterocycles. The van der Waals surface area contributed by atoms with Crippen molar-refractivity contribution in [1.29, 1.82) is 0 Å². The summed E-state index contributed by atoms with van der Waals surface area (Å²) in [5, 5.41) is 9.60. The quantitative estimate of drug-likeness (QED) is 0.723. The molecule has 1 aromatic carbocycles. The first-order valence-corrected chi connectivity index (χ1v) is 4.75. The Balaban J connectivity index is 0.00000112. The molecule has 2 rings (SSSR count). The summed E-state index contributed by atoms with van der Waals surface area (Å²) < 4.78 is 0.840. The number of benzene rings is 1. The Kier molecular flexibility index (Phi) is 3.92. The normalized spacial score (nSPS) is 9.67. The van der Waals surface area contributed by atoms with Crippen LogP contribution in [-0.4, -0.2) is 16.1 Å². The van der Waals surface area contributed by atoms with E-state index >= 15 is 0 Å². The minimum absolute atomic E-state index is 0. The smallest absolute Gasteiger partial charge is 1.00 e. The molecule has 3 nitrogen and oxygen atoms in total. The fourth-order valence-electron chi connectivity index (χ4n) is 1.24. The van der Waals surface area contributed by atoms with Gasteiger partial charge in [0.2, 0.25) is 0 Å². The monoisotopic (exact) mass is 259 g/mol. The number of carboxylic acids is 1. The predicted octanol–water partition coefficient (Wildman–Crippen LogP) is -0.188. The standard InChI is InChI=1S/C10H6BrNO2.Li.H/c11-8-4-7-3-6(10(13)14)1-2-9(7)12-5-8;;/h1-5H,(H,13,14);;/q;+1;-1. The van der Waals surface area contributed by atoms with Crippen LogP contribution in [0.5, 0.6) is 0 Å². The number of carboxylic acid groups (broad SMARTS) is 1. The number of nitrogens with zero attached hydrogens (tertiary/aromatic N) is 1. The number of halogens is 1. The number of hydrogen-bond acceptors (Lipinski definition) is 2. The molecule has 0 saturated carbocycles. The van der Waals surface area contributed by atoms with Crippen molar-refractivity contribution < 1.29 is 30.2 Å². The van der Waals surface area contributed by atoms with Gasteiger partial charge in [0, 0.05) is 16.1 Å². The molecule has 2 aromatic rings. The molecule has 0 saturated heterocycles. The van der Waals surface area contributed by atoms with E-state index in [1.54, 1.807) is 24.4 Å². The Hall–Kier alpha value is -0.823. The van der Waals surface area contributed by atoms with Gasteiger partial charge in [-0.05, 0) is 40.2 Å². The van der Waals surface area contributed by atoms with E-state index in [1.165, 1.54) is 0 Å². The third-order valence-corrected chi connectivity index (χ3v) is 2.33.